The van der Waals surface area contributed by atoms with Crippen molar-refractivity contribution in [2.45, 2.75) is 25.6 Å². The van der Waals surface area contributed by atoms with Crippen LogP contribution in [0.5, 0.6) is 0 Å². The Labute approximate surface area is 114 Å². The molecule has 0 aliphatic rings. The smallest absolute Gasteiger partial charge is 0.418 e. The zero-order valence-electron chi connectivity index (χ0n) is 10.9. The van der Waals surface area contributed by atoms with E-state index in [1.165, 1.54) is 12.1 Å². The van der Waals surface area contributed by atoms with Gasteiger partial charge in [0.05, 0.1) is 11.8 Å². The Morgan fingerprint density at radius 3 is 2.65 bits per heavy atom. The van der Waals surface area contributed by atoms with Crippen LogP contribution >= 0.6 is 0 Å². The van der Waals surface area contributed by atoms with Gasteiger partial charge < -0.3 is 15.5 Å². The molecule has 0 aliphatic carbocycles. The Morgan fingerprint density at radius 2 is 2.05 bits per heavy atom. The van der Waals surface area contributed by atoms with Crippen LogP contribution in [-0.2, 0) is 12.6 Å². The minimum absolute atomic E-state index is 0.0640. The van der Waals surface area contributed by atoms with Gasteiger partial charge in [0.2, 0.25) is 0 Å². The molecule has 0 amide bonds. The predicted octanol–water partition coefficient (Wildman–Crippen LogP) is 3.92. The van der Waals surface area contributed by atoms with Gasteiger partial charge in [0, 0.05) is 23.8 Å². The lowest BCUT2D eigenvalue weighted by atomic mass is 10.1. The van der Waals surface area contributed by atoms with Crippen LogP contribution in [0.4, 0.5) is 24.5 Å². The number of nitrogens with one attached hydrogen (secondary N) is 1. The highest BCUT2D eigenvalue weighted by molar-refractivity contribution is 5.58. The molecule has 0 saturated heterocycles. The molecule has 1 atom stereocenters. The summed E-state index contributed by atoms with van der Waals surface area (Å²) in [7, 11) is 0. The van der Waals surface area contributed by atoms with Crippen molar-refractivity contribution in [1.29, 1.82) is 0 Å². The van der Waals surface area contributed by atoms with Crippen molar-refractivity contribution in [1.82, 2.24) is 0 Å². The molecule has 0 saturated carbocycles. The van der Waals surface area contributed by atoms with Crippen molar-refractivity contribution in [3.05, 3.63) is 47.9 Å². The lowest BCUT2D eigenvalue weighted by Crippen LogP contribution is -2.18. The van der Waals surface area contributed by atoms with Crippen LogP contribution in [0.25, 0.3) is 0 Å². The fourth-order valence-electron chi connectivity index (χ4n) is 1.96. The molecule has 3 N–H and O–H groups in total. The molecule has 6 heteroatoms. The maximum Gasteiger partial charge on any atom is 0.418 e. The Kier molecular flexibility index (Phi) is 3.92. The number of alkyl halides is 3. The van der Waals surface area contributed by atoms with E-state index < -0.39 is 11.7 Å². The first kappa shape index (κ1) is 14.3. The van der Waals surface area contributed by atoms with Crippen molar-refractivity contribution in [2.75, 3.05) is 11.1 Å². The third-order valence-corrected chi connectivity index (χ3v) is 2.86. The number of halogens is 3. The van der Waals surface area contributed by atoms with Gasteiger partial charge in [-0.2, -0.15) is 13.2 Å². The molecule has 1 aromatic heterocycles. The Morgan fingerprint density at radius 1 is 1.30 bits per heavy atom. The first-order chi connectivity index (χ1) is 9.36. The first-order valence-electron chi connectivity index (χ1n) is 6.12. The molecule has 1 unspecified atom stereocenters. The van der Waals surface area contributed by atoms with Crippen molar-refractivity contribution >= 4 is 11.4 Å². The molecule has 0 aliphatic heterocycles. The normalized spacial score (nSPS) is 13.2. The van der Waals surface area contributed by atoms with Crippen LogP contribution in [-0.4, -0.2) is 6.04 Å². The molecule has 108 valence electrons. The third-order valence-electron chi connectivity index (χ3n) is 2.86. The standard InChI is InChI=1S/C14H15F3N2O/c1-9(7-11-3-2-6-20-11)19-10-4-5-13(18)12(8-10)14(15,16)17/h2-6,8-9,19H,7,18H2,1H3. The molecule has 0 radical (unpaired) electrons. The van der Waals surface area contributed by atoms with Gasteiger partial charge in [-0.05, 0) is 37.3 Å². The van der Waals surface area contributed by atoms with E-state index >= 15 is 0 Å². The maximum absolute atomic E-state index is 12.7. The molecule has 0 spiro atoms. The molecular formula is C14H15F3N2O. The van der Waals surface area contributed by atoms with E-state index in [1.54, 1.807) is 12.3 Å². The summed E-state index contributed by atoms with van der Waals surface area (Å²) < 4.78 is 43.4. The van der Waals surface area contributed by atoms with Crippen LogP contribution in [0.15, 0.2) is 41.0 Å². The summed E-state index contributed by atoms with van der Waals surface area (Å²) >= 11 is 0. The number of hydrogen-bond donors (Lipinski definition) is 2. The van der Waals surface area contributed by atoms with Gasteiger partial charge in [0.25, 0.3) is 0 Å². The van der Waals surface area contributed by atoms with Gasteiger partial charge >= 0.3 is 6.18 Å². The van der Waals surface area contributed by atoms with Gasteiger partial charge in [-0.3, -0.25) is 0 Å². The topological polar surface area (TPSA) is 51.2 Å². The number of anilines is 2. The summed E-state index contributed by atoms with van der Waals surface area (Å²) in [5.41, 5.74) is 4.63. The van der Waals surface area contributed by atoms with Crippen molar-refractivity contribution in [3.63, 3.8) is 0 Å². The quantitative estimate of drug-likeness (QED) is 0.836. The minimum Gasteiger partial charge on any atom is -0.469 e. The maximum atomic E-state index is 12.7. The van der Waals surface area contributed by atoms with Crippen molar-refractivity contribution in [3.8, 4) is 0 Å². The number of benzene rings is 1. The summed E-state index contributed by atoms with van der Waals surface area (Å²) in [6.45, 7) is 1.87. The van der Waals surface area contributed by atoms with Crippen molar-refractivity contribution < 1.29 is 17.6 Å². The highest BCUT2D eigenvalue weighted by atomic mass is 19.4. The van der Waals surface area contributed by atoms with E-state index in [4.69, 9.17) is 10.2 Å². The van der Waals surface area contributed by atoms with Gasteiger partial charge in [-0.1, -0.05) is 0 Å². The lowest BCUT2D eigenvalue weighted by molar-refractivity contribution is -0.136. The van der Waals surface area contributed by atoms with E-state index in [2.05, 4.69) is 5.32 Å². The number of rotatable bonds is 4. The molecule has 1 heterocycles. The largest absolute Gasteiger partial charge is 0.469 e. The number of nitrogens with two attached hydrogens (primary N) is 1. The van der Waals surface area contributed by atoms with E-state index in [0.29, 0.717) is 12.1 Å². The molecule has 0 bridgehead atoms. The zero-order valence-corrected chi connectivity index (χ0v) is 10.9. The van der Waals surface area contributed by atoms with Gasteiger partial charge in [-0.15, -0.1) is 0 Å². The van der Waals surface area contributed by atoms with Crippen LogP contribution < -0.4 is 11.1 Å². The van der Waals surface area contributed by atoms with Crippen LogP contribution in [0.3, 0.4) is 0 Å². The summed E-state index contributed by atoms with van der Waals surface area (Å²) in [5, 5.41) is 3.00. The van der Waals surface area contributed by atoms with Crippen LogP contribution in [0, 0.1) is 0 Å². The lowest BCUT2D eigenvalue weighted by Gasteiger charge is -2.17. The average molecular weight is 284 g/mol. The van der Waals surface area contributed by atoms with Gasteiger partial charge in [-0.25, -0.2) is 0 Å². The number of hydrogen-bond acceptors (Lipinski definition) is 3. The summed E-state index contributed by atoms with van der Waals surface area (Å²) in [6, 6.07) is 7.34. The number of furan rings is 1. The fraction of sp³-hybridized carbons (Fsp3) is 0.286. The van der Waals surface area contributed by atoms with E-state index in [0.717, 1.165) is 11.8 Å². The molecule has 0 fully saturated rings. The van der Waals surface area contributed by atoms with E-state index in [-0.39, 0.29) is 11.7 Å². The fourth-order valence-corrected chi connectivity index (χ4v) is 1.96. The summed E-state index contributed by atoms with van der Waals surface area (Å²) in [6.07, 6.45) is -2.31. The number of nitrogen functional groups attached to an aromatic ring is 1. The third kappa shape index (κ3) is 3.46. The second-order valence-corrected chi connectivity index (χ2v) is 4.63. The molecule has 2 aromatic rings. The molecular weight excluding hydrogens is 269 g/mol. The summed E-state index contributed by atoms with van der Waals surface area (Å²) in [4.78, 5) is 0. The van der Waals surface area contributed by atoms with Crippen molar-refractivity contribution in [2.24, 2.45) is 0 Å². The van der Waals surface area contributed by atoms with E-state index in [9.17, 15) is 13.2 Å². The predicted molar refractivity (Wildman–Crippen MR) is 71.4 cm³/mol. The zero-order chi connectivity index (χ0) is 14.8. The van der Waals surface area contributed by atoms with E-state index in [1.807, 2.05) is 13.0 Å². The second kappa shape index (κ2) is 5.48. The molecule has 2 rings (SSSR count). The SMILES string of the molecule is CC(Cc1ccco1)Nc1ccc(N)c(C(F)(F)F)c1. The summed E-state index contributed by atoms with van der Waals surface area (Å²) in [5.74, 6) is 0.775. The Bertz CT molecular complexity index is 564. The monoisotopic (exact) mass is 284 g/mol. The highest BCUT2D eigenvalue weighted by Crippen LogP contribution is 2.35. The first-order valence-corrected chi connectivity index (χ1v) is 6.12. The molecule has 3 nitrogen and oxygen atoms in total. The molecule has 1 aromatic carbocycles. The van der Waals surface area contributed by atoms with Gasteiger partial charge in [0.1, 0.15) is 5.76 Å². The highest BCUT2D eigenvalue weighted by Gasteiger charge is 2.33. The van der Waals surface area contributed by atoms with Gasteiger partial charge in [0.15, 0.2) is 0 Å². The van der Waals surface area contributed by atoms with Crippen LogP contribution in [0.1, 0.15) is 18.2 Å². The Balaban J connectivity index is 2.10. The second-order valence-electron chi connectivity index (χ2n) is 4.63. The minimum atomic E-state index is -4.45. The molecule has 20 heavy (non-hydrogen) atoms. The Hall–Kier alpha value is -2.11. The van der Waals surface area contributed by atoms with Crippen LogP contribution in [0.2, 0.25) is 0 Å². The average Bonchev–Trinajstić information content (AvgIpc) is 2.83.